The normalized spacial score (nSPS) is 25.6. The predicted molar refractivity (Wildman–Crippen MR) is 40.6 cm³/mol. The Labute approximate surface area is 55.8 Å². The predicted octanol–water partition coefficient (Wildman–Crippen LogP) is 2.17. The largest absolute Gasteiger partial charge is 0.268 e. The van der Waals surface area contributed by atoms with Crippen LogP contribution in [0.15, 0.2) is 28.9 Å². The average Bonchev–Trinajstić information content (AvgIpc) is 1.99. The summed E-state index contributed by atoms with van der Waals surface area (Å²) in [5, 5.41) is 0. The van der Waals surface area contributed by atoms with Crippen LogP contribution in [-0.4, -0.2) is 6.21 Å². The molecule has 48 valence electrons. The molecule has 1 atom stereocenters. The van der Waals surface area contributed by atoms with Crippen molar-refractivity contribution in [3.63, 3.8) is 0 Å². The second kappa shape index (κ2) is 2.62. The van der Waals surface area contributed by atoms with Crippen LogP contribution in [0.5, 0.6) is 0 Å². The van der Waals surface area contributed by atoms with Gasteiger partial charge in [-0.15, -0.1) is 0 Å². The fourth-order valence-electron chi connectivity index (χ4n) is 0.693. The van der Waals surface area contributed by atoms with Gasteiger partial charge in [0.05, 0.1) is 0 Å². The quantitative estimate of drug-likeness (QED) is 0.465. The minimum atomic E-state index is 0.500. The minimum Gasteiger partial charge on any atom is -0.268 e. The Morgan fingerprint density at radius 2 is 2.33 bits per heavy atom. The van der Waals surface area contributed by atoms with Crippen LogP contribution in [0, 0.1) is 5.92 Å². The molecule has 1 heterocycles. The van der Waals surface area contributed by atoms with Gasteiger partial charge in [-0.25, -0.2) is 0 Å². The summed E-state index contributed by atoms with van der Waals surface area (Å²) in [7, 11) is 0. The summed E-state index contributed by atoms with van der Waals surface area (Å²) in [5.41, 5.74) is 1.37. The highest BCUT2D eigenvalue weighted by Crippen LogP contribution is 2.08. The zero-order valence-electron chi connectivity index (χ0n) is 5.83. The number of hydrogen-bond acceptors (Lipinski definition) is 1. The number of aliphatic imine (C=N–C) groups is 1. The van der Waals surface area contributed by atoms with Crippen molar-refractivity contribution in [3.8, 4) is 0 Å². The van der Waals surface area contributed by atoms with Crippen molar-refractivity contribution in [1.29, 1.82) is 0 Å². The van der Waals surface area contributed by atoms with Crippen molar-refractivity contribution in [1.82, 2.24) is 0 Å². The van der Waals surface area contributed by atoms with E-state index in [0.29, 0.717) is 5.92 Å². The van der Waals surface area contributed by atoms with Crippen LogP contribution in [0.25, 0.3) is 0 Å². The van der Waals surface area contributed by atoms with Gasteiger partial charge in [0, 0.05) is 18.3 Å². The van der Waals surface area contributed by atoms with Gasteiger partial charge in [0.2, 0.25) is 0 Å². The molecule has 0 saturated carbocycles. The van der Waals surface area contributed by atoms with Crippen molar-refractivity contribution in [2.45, 2.75) is 13.8 Å². The van der Waals surface area contributed by atoms with Gasteiger partial charge < -0.3 is 0 Å². The van der Waals surface area contributed by atoms with Gasteiger partial charge >= 0.3 is 0 Å². The van der Waals surface area contributed by atoms with Gasteiger partial charge in [0.25, 0.3) is 0 Å². The maximum atomic E-state index is 4.04. The van der Waals surface area contributed by atoms with Crippen LogP contribution in [0.2, 0.25) is 0 Å². The second-order valence-corrected chi connectivity index (χ2v) is 2.34. The third-order valence-electron chi connectivity index (χ3n) is 1.56. The molecule has 0 aliphatic carbocycles. The molecule has 0 N–H and O–H groups in total. The lowest BCUT2D eigenvalue weighted by atomic mass is 10.1. The smallest absolute Gasteiger partial charge is 0.0264 e. The Bertz CT molecular complexity index is 175. The Morgan fingerprint density at radius 3 is 3.11 bits per heavy atom. The Kier molecular flexibility index (Phi) is 1.83. The first-order chi connectivity index (χ1) is 4.30. The van der Waals surface area contributed by atoms with Gasteiger partial charge in [0.15, 0.2) is 0 Å². The van der Waals surface area contributed by atoms with Crippen LogP contribution >= 0.6 is 0 Å². The number of allylic oxidation sites excluding steroid dienone is 3. The van der Waals surface area contributed by atoms with Gasteiger partial charge in [0.1, 0.15) is 0 Å². The SMILES string of the molecule is CC1=CC=CN=C[C@H]1C. The summed E-state index contributed by atoms with van der Waals surface area (Å²) in [4.78, 5) is 4.04. The van der Waals surface area contributed by atoms with E-state index < -0.39 is 0 Å². The third kappa shape index (κ3) is 1.53. The second-order valence-electron chi connectivity index (χ2n) is 2.34. The maximum Gasteiger partial charge on any atom is 0.0264 e. The number of rotatable bonds is 0. The Morgan fingerprint density at radius 1 is 1.56 bits per heavy atom. The Hall–Kier alpha value is -0.850. The standard InChI is InChI=1S/C8H11N/c1-7-4-3-5-9-6-8(7)2/h3-6,8H,1-2H3/t8-/m1/s1. The van der Waals surface area contributed by atoms with E-state index in [9.17, 15) is 0 Å². The van der Waals surface area contributed by atoms with Crippen molar-refractivity contribution in [3.05, 3.63) is 23.9 Å². The minimum absolute atomic E-state index is 0.500. The fraction of sp³-hybridized carbons (Fsp3) is 0.375. The van der Waals surface area contributed by atoms with Crippen LogP contribution in [-0.2, 0) is 0 Å². The topological polar surface area (TPSA) is 12.4 Å². The summed E-state index contributed by atoms with van der Waals surface area (Å²) in [6, 6.07) is 0. The van der Waals surface area contributed by atoms with E-state index >= 15 is 0 Å². The highest BCUT2D eigenvalue weighted by molar-refractivity contribution is 5.65. The zero-order chi connectivity index (χ0) is 6.69. The molecule has 0 spiro atoms. The molecular weight excluding hydrogens is 110 g/mol. The van der Waals surface area contributed by atoms with E-state index in [1.54, 1.807) is 0 Å². The van der Waals surface area contributed by atoms with Crippen LogP contribution in [0.1, 0.15) is 13.8 Å². The highest BCUT2D eigenvalue weighted by Gasteiger charge is 1.98. The summed E-state index contributed by atoms with van der Waals surface area (Å²) in [5.74, 6) is 0.500. The molecule has 0 aromatic carbocycles. The first-order valence-electron chi connectivity index (χ1n) is 3.17. The third-order valence-corrected chi connectivity index (χ3v) is 1.56. The highest BCUT2D eigenvalue weighted by atomic mass is 14.7. The lowest BCUT2D eigenvalue weighted by molar-refractivity contribution is 0.938. The summed E-state index contributed by atoms with van der Waals surface area (Å²) >= 11 is 0. The van der Waals surface area contributed by atoms with E-state index in [-0.39, 0.29) is 0 Å². The van der Waals surface area contributed by atoms with Crippen molar-refractivity contribution in [2.24, 2.45) is 10.9 Å². The van der Waals surface area contributed by atoms with Gasteiger partial charge in [-0.1, -0.05) is 18.6 Å². The molecule has 1 heteroatoms. The van der Waals surface area contributed by atoms with E-state index in [4.69, 9.17) is 0 Å². The number of hydrogen-bond donors (Lipinski definition) is 0. The zero-order valence-corrected chi connectivity index (χ0v) is 5.83. The van der Waals surface area contributed by atoms with Gasteiger partial charge in [-0.05, 0) is 13.0 Å². The maximum absolute atomic E-state index is 4.04. The van der Waals surface area contributed by atoms with Crippen LogP contribution < -0.4 is 0 Å². The van der Waals surface area contributed by atoms with Crippen LogP contribution in [0.3, 0.4) is 0 Å². The summed E-state index contributed by atoms with van der Waals surface area (Å²) < 4.78 is 0. The molecule has 0 fully saturated rings. The first kappa shape index (κ1) is 6.27. The van der Waals surface area contributed by atoms with E-state index in [0.717, 1.165) is 0 Å². The molecule has 1 nitrogen and oxygen atoms in total. The molecule has 0 bridgehead atoms. The molecule has 9 heavy (non-hydrogen) atoms. The van der Waals surface area contributed by atoms with Crippen LogP contribution in [0.4, 0.5) is 0 Å². The van der Waals surface area contributed by atoms with Crippen molar-refractivity contribution < 1.29 is 0 Å². The Balaban J connectivity index is 2.80. The van der Waals surface area contributed by atoms with E-state index in [1.165, 1.54) is 5.57 Å². The molecule has 0 saturated heterocycles. The van der Waals surface area contributed by atoms with E-state index in [1.807, 2.05) is 18.5 Å². The first-order valence-corrected chi connectivity index (χ1v) is 3.17. The van der Waals surface area contributed by atoms with Gasteiger partial charge in [-0.2, -0.15) is 0 Å². The summed E-state index contributed by atoms with van der Waals surface area (Å²) in [6.45, 7) is 4.26. The molecule has 1 aliphatic heterocycles. The van der Waals surface area contributed by atoms with Crippen molar-refractivity contribution >= 4 is 6.21 Å². The molecule has 0 aromatic rings. The lowest BCUT2D eigenvalue weighted by Gasteiger charge is -2.01. The van der Waals surface area contributed by atoms with Gasteiger partial charge in [-0.3, -0.25) is 4.99 Å². The molecule has 0 unspecified atom stereocenters. The molecule has 0 aromatic heterocycles. The summed E-state index contributed by atoms with van der Waals surface area (Å²) in [6.07, 6.45) is 7.83. The molecular formula is C8H11N. The monoisotopic (exact) mass is 121 g/mol. The fourth-order valence-corrected chi connectivity index (χ4v) is 0.693. The van der Waals surface area contributed by atoms with E-state index in [2.05, 4.69) is 24.9 Å². The molecule has 1 rings (SSSR count). The number of nitrogens with zero attached hydrogens (tertiary/aromatic N) is 1. The molecule has 1 aliphatic rings. The lowest BCUT2D eigenvalue weighted by Crippen LogP contribution is -1.95. The average molecular weight is 121 g/mol. The molecule has 0 amide bonds. The molecule has 0 radical (unpaired) electrons. The van der Waals surface area contributed by atoms with Crippen molar-refractivity contribution in [2.75, 3.05) is 0 Å².